The van der Waals surface area contributed by atoms with Crippen LogP contribution in [-0.2, 0) is 14.8 Å². The van der Waals surface area contributed by atoms with Crippen LogP contribution in [0, 0.1) is 0 Å². The van der Waals surface area contributed by atoms with Gasteiger partial charge in [-0.1, -0.05) is 12.1 Å². The SMILES string of the molecule is CCOC1CC(NS(=O)(=O)c2cccc(C(C)=O)c2)C1. The van der Waals surface area contributed by atoms with Gasteiger partial charge in [-0.05, 0) is 38.8 Å². The van der Waals surface area contributed by atoms with Crippen LogP contribution in [0.15, 0.2) is 29.2 Å². The molecule has 0 atom stereocenters. The van der Waals surface area contributed by atoms with E-state index in [-0.39, 0.29) is 22.8 Å². The Balaban J connectivity index is 2.04. The molecule has 1 aliphatic carbocycles. The lowest BCUT2D eigenvalue weighted by molar-refractivity contribution is -0.00475. The smallest absolute Gasteiger partial charge is 0.240 e. The summed E-state index contributed by atoms with van der Waals surface area (Å²) in [5, 5.41) is 0. The third-order valence-electron chi connectivity index (χ3n) is 3.37. The fourth-order valence-corrected chi connectivity index (χ4v) is 3.51. The van der Waals surface area contributed by atoms with E-state index in [1.54, 1.807) is 12.1 Å². The Hall–Kier alpha value is -1.24. The number of nitrogens with one attached hydrogen (secondary N) is 1. The number of sulfonamides is 1. The molecule has 0 aromatic heterocycles. The zero-order valence-corrected chi connectivity index (χ0v) is 12.4. The summed E-state index contributed by atoms with van der Waals surface area (Å²) in [5.41, 5.74) is 0.397. The van der Waals surface area contributed by atoms with Crippen LogP contribution in [0.5, 0.6) is 0 Å². The number of benzene rings is 1. The Kier molecular flexibility index (Phi) is 4.57. The molecule has 20 heavy (non-hydrogen) atoms. The highest BCUT2D eigenvalue weighted by molar-refractivity contribution is 7.89. The van der Waals surface area contributed by atoms with E-state index in [1.165, 1.54) is 19.1 Å². The molecule has 0 saturated heterocycles. The second-order valence-electron chi connectivity index (χ2n) is 4.95. The van der Waals surface area contributed by atoms with Crippen molar-refractivity contribution >= 4 is 15.8 Å². The standard InChI is InChI=1S/C14H19NO4S/c1-3-19-13-8-12(9-13)15-20(17,18)14-6-4-5-11(7-14)10(2)16/h4-7,12-13,15H,3,8-9H2,1-2H3. The topological polar surface area (TPSA) is 72.5 Å². The second-order valence-corrected chi connectivity index (χ2v) is 6.66. The van der Waals surface area contributed by atoms with E-state index in [0.29, 0.717) is 25.0 Å². The van der Waals surface area contributed by atoms with Crippen LogP contribution < -0.4 is 4.72 Å². The van der Waals surface area contributed by atoms with Crippen molar-refractivity contribution in [2.45, 2.75) is 43.7 Å². The van der Waals surface area contributed by atoms with E-state index >= 15 is 0 Å². The maximum absolute atomic E-state index is 12.2. The highest BCUT2D eigenvalue weighted by Gasteiger charge is 2.33. The van der Waals surface area contributed by atoms with E-state index < -0.39 is 10.0 Å². The van der Waals surface area contributed by atoms with Gasteiger partial charge in [0.05, 0.1) is 11.0 Å². The van der Waals surface area contributed by atoms with Crippen molar-refractivity contribution < 1.29 is 17.9 Å². The summed E-state index contributed by atoms with van der Waals surface area (Å²) < 4.78 is 32.5. The predicted octanol–water partition coefficient (Wildman–Crippen LogP) is 1.73. The molecular formula is C14H19NO4S. The summed E-state index contributed by atoms with van der Waals surface area (Å²) in [6.07, 6.45) is 1.54. The van der Waals surface area contributed by atoms with E-state index in [9.17, 15) is 13.2 Å². The van der Waals surface area contributed by atoms with Gasteiger partial charge in [-0.25, -0.2) is 13.1 Å². The van der Waals surface area contributed by atoms with E-state index in [4.69, 9.17) is 4.74 Å². The molecule has 0 radical (unpaired) electrons. The van der Waals surface area contributed by atoms with Gasteiger partial charge >= 0.3 is 0 Å². The molecular weight excluding hydrogens is 278 g/mol. The minimum absolute atomic E-state index is 0.0856. The zero-order valence-electron chi connectivity index (χ0n) is 11.6. The number of Topliss-reactive ketones (excluding diaryl/α,β-unsaturated/α-hetero) is 1. The summed E-state index contributed by atoms with van der Waals surface area (Å²) >= 11 is 0. The summed E-state index contributed by atoms with van der Waals surface area (Å²) in [7, 11) is -3.57. The predicted molar refractivity (Wildman–Crippen MR) is 75.2 cm³/mol. The molecule has 0 spiro atoms. The Morgan fingerprint density at radius 2 is 2.10 bits per heavy atom. The summed E-state index contributed by atoms with van der Waals surface area (Å²) in [6, 6.07) is 6.00. The lowest BCUT2D eigenvalue weighted by atomic mass is 9.90. The molecule has 1 N–H and O–H groups in total. The fraction of sp³-hybridized carbons (Fsp3) is 0.500. The van der Waals surface area contributed by atoms with Gasteiger partial charge in [-0.2, -0.15) is 0 Å². The Morgan fingerprint density at radius 1 is 1.40 bits per heavy atom. The molecule has 6 heteroatoms. The van der Waals surface area contributed by atoms with Crippen LogP contribution in [0.3, 0.4) is 0 Å². The number of ketones is 1. The molecule has 1 aromatic rings. The first-order valence-electron chi connectivity index (χ1n) is 6.67. The Bertz CT molecular complexity index is 591. The van der Waals surface area contributed by atoms with Crippen LogP contribution in [0.25, 0.3) is 0 Å². The quantitative estimate of drug-likeness (QED) is 0.812. The van der Waals surface area contributed by atoms with Crippen LogP contribution in [0.4, 0.5) is 0 Å². The van der Waals surface area contributed by atoms with Gasteiger partial charge in [0.25, 0.3) is 0 Å². The van der Waals surface area contributed by atoms with E-state index in [0.717, 1.165) is 0 Å². The van der Waals surface area contributed by atoms with Crippen molar-refractivity contribution in [1.82, 2.24) is 4.72 Å². The van der Waals surface area contributed by atoms with Gasteiger partial charge in [0.1, 0.15) is 0 Å². The van der Waals surface area contributed by atoms with Crippen LogP contribution in [0.1, 0.15) is 37.0 Å². The molecule has 0 amide bonds. The van der Waals surface area contributed by atoms with Crippen LogP contribution in [-0.4, -0.2) is 33.0 Å². The average Bonchev–Trinajstić information content (AvgIpc) is 2.36. The number of carbonyl (C=O) groups excluding carboxylic acids is 1. The van der Waals surface area contributed by atoms with Crippen molar-refractivity contribution in [3.63, 3.8) is 0 Å². The summed E-state index contributed by atoms with van der Waals surface area (Å²) in [6.45, 7) is 3.98. The van der Waals surface area contributed by atoms with Crippen molar-refractivity contribution in [2.24, 2.45) is 0 Å². The zero-order chi connectivity index (χ0) is 14.8. The van der Waals surface area contributed by atoms with Gasteiger partial charge in [0, 0.05) is 18.2 Å². The number of ether oxygens (including phenoxy) is 1. The Labute approximate surface area is 119 Å². The number of carbonyl (C=O) groups is 1. The maximum Gasteiger partial charge on any atom is 0.240 e. The maximum atomic E-state index is 12.2. The molecule has 1 fully saturated rings. The average molecular weight is 297 g/mol. The van der Waals surface area contributed by atoms with Gasteiger partial charge in [-0.15, -0.1) is 0 Å². The highest BCUT2D eigenvalue weighted by Crippen LogP contribution is 2.25. The molecule has 0 aliphatic heterocycles. The third kappa shape index (κ3) is 3.45. The first-order chi connectivity index (χ1) is 9.42. The summed E-state index contributed by atoms with van der Waals surface area (Å²) in [4.78, 5) is 11.4. The van der Waals surface area contributed by atoms with Gasteiger partial charge in [-0.3, -0.25) is 4.79 Å². The van der Waals surface area contributed by atoms with Gasteiger partial charge in [0.2, 0.25) is 10.0 Å². The molecule has 1 saturated carbocycles. The molecule has 1 aromatic carbocycles. The molecule has 1 aliphatic rings. The molecule has 0 heterocycles. The normalized spacial score (nSPS) is 22.3. The molecule has 110 valence electrons. The minimum Gasteiger partial charge on any atom is -0.378 e. The summed E-state index contributed by atoms with van der Waals surface area (Å²) in [5.74, 6) is -0.151. The third-order valence-corrected chi connectivity index (χ3v) is 4.89. The molecule has 2 rings (SSSR count). The fourth-order valence-electron chi connectivity index (χ4n) is 2.20. The van der Waals surface area contributed by atoms with Crippen LogP contribution >= 0.6 is 0 Å². The number of hydrogen-bond donors (Lipinski definition) is 1. The van der Waals surface area contributed by atoms with Crippen molar-refractivity contribution in [1.29, 1.82) is 0 Å². The monoisotopic (exact) mass is 297 g/mol. The molecule has 0 bridgehead atoms. The lowest BCUT2D eigenvalue weighted by Gasteiger charge is -2.35. The second kappa shape index (κ2) is 6.03. The molecule has 0 unspecified atom stereocenters. The van der Waals surface area contributed by atoms with Gasteiger partial charge < -0.3 is 4.74 Å². The lowest BCUT2D eigenvalue weighted by Crippen LogP contribution is -2.47. The van der Waals surface area contributed by atoms with Crippen LogP contribution in [0.2, 0.25) is 0 Å². The van der Waals surface area contributed by atoms with Crippen molar-refractivity contribution in [3.8, 4) is 0 Å². The van der Waals surface area contributed by atoms with Crippen molar-refractivity contribution in [3.05, 3.63) is 29.8 Å². The van der Waals surface area contributed by atoms with Gasteiger partial charge in [0.15, 0.2) is 5.78 Å². The largest absolute Gasteiger partial charge is 0.378 e. The first-order valence-corrected chi connectivity index (χ1v) is 8.15. The molecule has 5 nitrogen and oxygen atoms in total. The Morgan fingerprint density at radius 3 is 2.70 bits per heavy atom. The highest BCUT2D eigenvalue weighted by atomic mass is 32.2. The van der Waals surface area contributed by atoms with E-state index in [1.807, 2.05) is 6.92 Å². The number of hydrogen-bond acceptors (Lipinski definition) is 4. The van der Waals surface area contributed by atoms with Crippen molar-refractivity contribution in [2.75, 3.05) is 6.61 Å². The van der Waals surface area contributed by atoms with E-state index in [2.05, 4.69) is 4.72 Å². The number of rotatable bonds is 6. The first kappa shape index (κ1) is 15.2. The minimum atomic E-state index is -3.57.